The lowest BCUT2D eigenvalue weighted by Crippen LogP contribution is -1.78. The van der Waals surface area contributed by atoms with E-state index in [9.17, 15) is 0 Å². The normalized spacial score (nSPS) is 9.38. The van der Waals surface area contributed by atoms with Crippen LogP contribution in [0.15, 0.2) is 53.0 Å². The summed E-state index contributed by atoms with van der Waals surface area (Å²) in [5, 5.41) is 0.706. The fraction of sp³-hybridized carbons (Fsp3) is 0. The van der Waals surface area contributed by atoms with E-state index in [0.717, 1.165) is 15.6 Å². The summed E-state index contributed by atoms with van der Waals surface area (Å²) in [6.07, 6.45) is 0. The zero-order valence-electron chi connectivity index (χ0n) is 8.37. The standard InChI is InChI=1S/C14H8BrCl/c15-14-10-13(16)9-8-12(14)7-6-11-4-2-1-3-5-11/h1-5,8-10H. The van der Waals surface area contributed by atoms with E-state index in [1.165, 1.54) is 0 Å². The Bertz CT molecular complexity index is 550. The summed E-state index contributed by atoms with van der Waals surface area (Å²) >= 11 is 9.29. The first kappa shape index (κ1) is 11.3. The molecular formula is C14H8BrCl. The zero-order chi connectivity index (χ0) is 11.4. The number of rotatable bonds is 0. The summed E-state index contributed by atoms with van der Waals surface area (Å²) in [5.74, 6) is 6.20. The Morgan fingerprint density at radius 1 is 0.938 bits per heavy atom. The van der Waals surface area contributed by atoms with Gasteiger partial charge in [0.05, 0.1) is 0 Å². The molecule has 2 aromatic carbocycles. The molecular weight excluding hydrogens is 284 g/mol. The van der Waals surface area contributed by atoms with Crippen LogP contribution < -0.4 is 0 Å². The number of hydrogen-bond donors (Lipinski definition) is 0. The van der Waals surface area contributed by atoms with E-state index in [-0.39, 0.29) is 0 Å². The van der Waals surface area contributed by atoms with Crippen LogP contribution in [0.25, 0.3) is 0 Å². The van der Waals surface area contributed by atoms with E-state index in [1.807, 2.05) is 48.5 Å². The molecule has 0 fully saturated rings. The Morgan fingerprint density at radius 2 is 1.69 bits per heavy atom. The van der Waals surface area contributed by atoms with Crippen LogP contribution in [-0.2, 0) is 0 Å². The molecule has 2 aromatic rings. The highest BCUT2D eigenvalue weighted by molar-refractivity contribution is 9.10. The van der Waals surface area contributed by atoms with Crippen LogP contribution in [0.1, 0.15) is 11.1 Å². The van der Waals surface area contributed by atoms with Crippen molar-refractivity contribution in [3.05, 3.63) is 69.2 Å². The van der Waals surface area contributed by atoms with E-state index in [0.29, 0.717) is 5.02 Å². The Labute approximate surface area is 108 Å². The molecule has 0 aliphatic rings. The van der Waals surface area contributed by atoms with Crippen LogP contribution in [0.3, 0.4) is 0 Å². The summed E-state index contributed by atoms with van der Waals surface area (Å²) in [6, 6.07) is 15.5. The van der Waals surface area contributed by atoms with Crippen LogP contribution in [-0.4, -0.2) is 0 Å². The Morgan fingerprint density at radius 3 is 2.38 bits per heavy atom. The second kappa shape index (κ2) is 5.21. The number of halogens is 2. The van der Waals surface area contributed by atoms with E-state index < -0.39 is 0 Å². The summed E-state index contributed by atoms with van der Waals surface area (Å²) < 4.78 is 0.920. The molecule has 0 saturated heterocycles. The maximum absolute atomic E-state index is 5.86. The van der Waals surface area contributed by atoms with Gasteiger partial charge in [-0.25, -0.2) is 0 Å². The third kappa shape index (κ3) is 2.88. The third-order valence-corrected chi connectivity index (χ3v) is 2.94. The zero-order valence-corrected chi connectivity index (χ0v) is 10.7. The van der Waals surface area contributed by atoms with Crippen molar-refractivity contribution in [2.45, 2.75) is 0 Å². The second-order valence-corrected chi connectivity index (χ2v) is 4.53. The Balaban J connectivity index is 2.31. The van der Waals surface area contributed by atoms with Gasteiger partial charge in [0.1, 0.15) is 0 Å². The van der Waals surface area contributed by atoms with Gasteiger partial charge in [0.25, 0.3) is 0 Å². The molecule has 0 radical (unpaired) electrons. The maximum atomic E-state index is 5.86. The molecule has 0 saturated carbocycles. The van der Waals surface area contributed by atoms with Gasteiger partial charge in [-0.3, -0.25) is 0 Å². The minimum Gasteiger partial charge on any atom is -0.0843 e. The summed E-state index contributed by atoms with van der Waals surface area (Å²) in [7, 11) is 0. The van der Waals surface area contributed by atoms with Crippen LogP contribution >= 0.6 is 27.5 Å². The second-order valence-electron chi connectivity index (χ2n) is 3.24. The summed E-state index contributed by atoms with van der Waals surface area (Å²) in [6.45, 7) is 0. The molecule has 0 N–H and O–H groups in total. The molecule has 0 spiro atoms. The van der Waals surface area contributed by atoms with Crippen molar-refractivity contribution in [2.24, 2.45) is 0 Å². The molecule has 0 unspecified atom stereocenters. The molecule has 0 aliphatic heterocycles. The molecule has 78 valence electrons. The third-order valence-electron chi connectivity index (χ3n) is 2.05. The van der Waals surface area contributed by atoms with Gasteiger partial charge in [-0.2, -0.15) is 0 Å². The molecule has 0 nitrogen and oxygen atoms in total. The van der Waals surface area contributed by atoms with Crippen molar-refractivity contribution in [3.8, 4) is 11.8 Å². The first-order valence-corrected chi connectivity index (χ1v) is 5.95. The van der Waals surface area contributed by atoms with E-state index in [2.05, 4.69) is 27.8 Å². The fourth-order valence-corrected chi connectivity index (χ4v) is 2.03. The van der Waals surface area contributed by atoms with Crippen molar-refractivity contribution < 1.29 is 0 Å². The number of hydrogen-bond acceptors (Lipinski definition) is 0. The van der Waals surface area contributed by atoms with Crippen molar-refractivity contribution in [2.75, 3.05) is 0 Å². The van der Waals surface area contributed by atoms with Crippen molar-refractivity contribution in [3.63, 3.8) is 0 Å². The average Bonchev–Trinajstić information content (AvgIpc) is 2.29. The molecule has 16 heavy (non-hydrogen) atoms. The molecule has 2 heteroatoms. The SMILES string of the molecule is Clc1ccc(C#Cc2ccccc2)c(Br)c1. The predicted octanol–water partition coefficient (Wildman–Crippen LogP) is 4.50. The maximum Gasteiger partial charge on any atom is 0.0418 e. The van der Waals surface area contributed by atoms with Gasteiger partial charge in [-0.1, -0.05) is 41.6 Å². The molecule has 0 amide bonds. The minimum atomic E-state index is 0.706. The Kier molecular flexibility index (Phi) is 3.66. The van der Waals surface area contributed by atoms with Gasteiger partial charge in [-0.15, -0.1) is 0 Å². The highest BCUT2D eigenvalue weighted by Gasteiger charge is 1.96. The average molecular weight is 292 g/mol. The van der Waals surface area contributed by atoms with Gasteiger partial charge in [0.2, 0.25) is 0 Å². The lowest BCUT2D eigenvalue weighted by molar-refractivity contribution is 1.58. The smallest absolute Gasteiger partial charge is 0.0418 e. The molecule has 0 aromatic heterocycles. The van der Waals surface area contributed by atoms with Crippen molar-refractivity contribution in [1.82, 2.24) is 0 Å². The monoisotopic (exact) mass is 290 g/mol. The van der Waals surface area contributed by atoms with Crippen LogP contribution in [0.2, 0.25) is 5.02 Å². The first-order chi connectivity index (χ1) is 7.75. The Hall–Kier alpha value is -1.23. The lowest BCUT2D eigenvalue weighted by atomic mass is 10.2. The van der Waals surface area contributed by atoms with Crippen molar-refractivity contribution >= 4 is 27.5 Å². The van der Waals surface area contributed by atoms with Crippen molar-refractivity contribution in [1.29, 1.82) is 0 Å². The first-order valence-electron chi connectivity index (χ1n) is 4.78. The van der Waals surface area contributed by atoms with Gasteiger partial charge >= 0.3 is 0 Å². The van der Waals surface area contributed by atoms with E-state index in [4.69, 9.17) is 11.6 Å². The van der Waals surface area contributed by atoms with E-state index >= 15 is 0 Å². The lowest BCUT2D eigenvalue weighted by Gasteiger charge is -1.96. The van der Waals surface area contributed by atoms with Crippen LogP contribution in [0.4, 0.5) is 0 Å². The van der Waals surface area contributed by atoms with Crippen LogP contribution in [0.5, 0.6) is 0 Å². The highest BCUT2D eigenvalue weighted by Crippen LogP contribution is 2.20. The molecule has 0 heterocycles. The van der Waals surface area contributed by atoms with Gasteiger partial charge in [0.15, 0.2) is 0 Å². The molecule has 2 rings (SSSR count). The molecule has 0 aliphatic carbocycles. The van der Waals surface area contributed by atoms with Gasteiger partial charge < -0.3 is 0 Å². The molecule has 0 atom stereocenters. The largest absolute Gasteiger partial charge is 0.0843 e. The van der Waals surface area contributed by atoms with Gasteiger partial charge in [-0.05, 0) is 46.3 Å². The predicted molar refractivity (Wildman–Crippen MR) is 71.6 cm³/mol. The summed E-state index contributed by atoms with van der Waals surface area (Å²) in [4.78, 5) is 0. The quantitative estimate of drug-likeness (QED) is 0.627. The fourth-order valence-electron chi connectivity index (χ4n) is 1.25. The number of benzene rings is 2. The minimum absolute atomic E-state index is 0.706. The van der Waals surface area contributed by atoms with Crippen LogP contribution in [0, 0.1) is 11.8 Å². The van der Waals surface area contributed by atoms with Gasteiger partial charge in [0, 0.05) is 20.6 Å². The van der Waals surface area contributed by atoms with E-state index in [1.54, 1.807) is 0 Å². The highest BCUT2D eigenvalue weighted by atomic mass is 79.9. The molecule has 0 bridgehead atoms. The topological polar surface area (TPSA) is 0 Å². The summed E-state index contributed by atoms with van der Waals surface area (Å²) in [5.41, 5.74) is 1.94.